The van der Waals surface area contributed by atoms with Crippen molar-refractivity contribution in [2.24, 2.45) is 0 Å². The molecule has 0 unspecified atom stereocenters. The molecule has 0 aromatic heterocycles. The minimum atomic E-state index is -3.90. The Morgan fingerprint density at radius 1 is 0.304 bits per heavy atom. The molecule has 7 rings (SSSR count). The Labute approximate surface area is 551 Å². The van der Waals surface area contributed by atoms with Crippen LogP contribution in [0.25, 0.3) is 0 Å². The van der Waals surface area contributed by atoms with E-state index in [1.165, 1.54) is 46.5 Å². The first-order chi connectivity index (χ1) is 43.4. The van der Waals surface area contributed by atoms with Gasteiger partial charge in [-0.1, -0.05) is 181 Å². The molecule has 92 heavy (non-hydrogen) atoms. The van der Waals surface area contributed by atoms with Gasteiger partial charge in [-0.2, -0.15) is 16.8 Å². The van der Waals surface area contributed by atoms with Crippen LogP contribution in [0.2, 0.25) is 0 Å². The van der Waals surface area contributed by atoms with Crippen LogP contribution in [-0.2, 0) is 94.9 Å². The first-order valence-electron chi connectivity index (χ1n) is 32.8. The van der Waals surface area contributed by atoms with Crippen molar-refractivity contribution in [3.63, 3.8) is 0 Å². The number of rotatable bonds is 30. The third kappa shape index (κ3) is 21.1. The molecule has 1 aliphatic carbocycles. The van der Waals surface area contributed by atoms with Crippen molar-refractivity contribution in [3.8, 4) is 23.0 Å². The SMILES string of the molecule is CCCOc1c2cc(C(C)(C)C)cc1Cc1cc(C(C)(C)C)cc(c1OCCOCCOCCOS(=O)(=O)c1ccc(C)cc1)Cc1cc(C(C)(C)C)cc(c1OCCC)Cc1cc(C(C)(C)C)cc(c1OCCOCCOCCOS(=O)(=O)c1ccc(C)cc1)C2. The van der Waals surface area contributed by atoms with Gasteiger partial charge < -0.3 is 37.9 Å². The minimum Gasteiger partial charge on any atom is -0.493 e. The maximum atomic E-state index is 12.7. The lowest BCUT2D eigenvalue weighted by Crippen LogP contribution is -2.19. The van der Waals surface area contributed by atoms with E-state index in [0.717, 1.165) is 91.5 Å². The van der Waals surface area contributed by atoms with Gasteiger partial charge in [0, 0.05) is 25.7 Å². The molecule has 0 fully saturated rings. The maximum Gasteiger partial charge on any atom is 0.297 e. The molecule has 0 N–H and O–H groups in total. The van der Waals surface area contributed by atoms with E-state index in [2.05, 4.69) is 145 Å². The summed E-state index contributed by atoms with van der Waals surface area (Å²) < 4.78 is 113. The van der Waals surface area contributed by atoms with E-state index >= 15 is 0 Å². The number of ether oxygens (including phenoxy) is 8. The number of fused-ring (bicyclic) bond motifs is 8. The summed E-state index contributed by atoms with van der Waals surface area (Å²) in [6, 6.07) is 31.8. The number of hydrogen-bond acceptors (Lipinski definition) is 14. The zero-order valence-electron chi connectivity index (χ0n) is 57.9. The molecule has 0 radical (unpaired) electrons. The minimum absolute atomic E-state index is 0.0858. The molecule has 0 amide bonds. The van der Waals surface area contributed by atoms with E-state index in [4.69, 9.17) is 46.3 Å². The van der Waals surface area contributed by atoms with Crippen molar-refractivity contribution in [2.75, 3.05) is 92.5 Å². The summed E-state index contributed by atoms with van der Waals surface area (Å²) in [6.45, 7) is 38.4. The number of aryl methyl sites for hydroxylation is 2. The molecule has 0 spiro atoms. The first-order valence-corrected chi connectivity index (χ1v) is 35.6. The quantitative estimate of drug-likeness (QED) is 0.0309. The fourth-order valence-electron chi connectivity index (χ4n) is 10.8. The second kappa shape index (κ2) is 32.5. The molecule has 0 saturated carbocycles. The van der Waals surface area contributed by atoms with Crippen LogP contribution in [0, 0.1) is 13.8 Å². The van der Waals surface area contributed by atoms with Crippen molar-refractivity contribution in [1.82, 2.24) is 0 Å². The van der Waals surface area contributed by atoms with Crippen molar-refractivity contribution < 1.29 is 63.1 Å². The molecule has 6 aromatic carbocycles. The van der Waals surface area contributed by atoms with Gasteiger partial charge >= 0.3 is 0 Å². The van der Waals surface area contributed by atoms with Crippen LogP contribution in [0.5, 0.6) is 23.0 Å². The topological polar surface area (TPSA) is 161 Å². The van der Waals surface area contributed by atoms with Gasteiger partial charge in [-0.25, -0.2) is 0 Å². The second-order valence-corrected chi connectivity index (χ2v) is 31.5. The molecule has 14 nitrogen and oxygen atoms in total. The largest absolute Gasteiger partial charge is 0.493 e. The van der Waals surface area contributed by atoms with Crippen molar-refractivity contribution in [3.05, 3.63) is 175 Å². The van der Waals surface area contributed by atoms with Crippen LogP contribution in [-0.4, -0.2) is 109 Å². The summed E-state index contributed by atoms with van der Waals surface area (Å²) in [7, 11) is -7.80. The molecular formula is C76H104O14S2. The molecule has 0 aliphatic heterocycles. The van der Waals surface area contributed by atoms with E-state index in [1.54, 1.807) is 24.3 Å². The monoisotopic (exact) mass is 1300 g/mol. The molecule has 0 atom stereocenters. The second-order valence-electron chi connectivity index (χ2n) is 28.2. The van der Waals surface area contributed by atoms with Crippen molar-refractivity contribution in [1.29, 1.82) is 0 Å². The van der Waals surface area contributed by atoms with E-state index in [-0.39, 0.29) is 111 Å². The molecule has 8 bridgehead atoms. The molecule has 0 heterocycles. The Kier molecular flexibility index (Phi) is 26.0. The highest BCUT2D eigenvalue weighted by Crippen LogP contribution is 2.45. The summed E-state index contributed by atoms with van der Waals surface area (Å²) in [6.07, 6.45) is 3.70. The van der Waals surface area contributed by atoms with Crippen LogP contribution in [0.3, 0.4) is 0 Å². The average molecular weight is 1310 g/mol. The van der Waals surface area contributed by atoms with Crippen LogP contribution >= 0.6 is 0 Å². The Hall–Kier alpha value is -5.82. The summed E-state index contributed by atoms with van der Waals surface area (Å²) in [5, 5.41) is 0. The van der Waals surface area contributed by atoms with Crippen LogP contribution in [0.4, 0.5) is 0 Å². The van der Waals surface area contributed by atoms with Crippen LogP contribution < -0.4 is 18.9 Å². The van der Waals surface area contributed by atoms with Gasteiger partial charge in [-0.15, -0.1) is 0 Å². The lowest BCUT2D eigenvalue weighted by Gasteiger charge is -2.29. The lowest BCUT2D eigenvalue weighted by molar-refractivity contribution is 0.0278. The standard InChI is InChI=1S/C76H104O14S2/c1-17-27-85-69-55-41-59-49-65(75(11,12)13)51-61(71(59)87-37-33-81-29-31-83-35-39-89-91(77,78)67-23-19-53(3)20-24-67)43-57-47-64(74(8,9)10)48-58(70(57)86-28-18-2)44-62-52-66(76(14,15)16)50-60(42-56(69)46-63(45-55)73(5,6)7)72(62)88-38-34-82-30-32-84-36-40-90-92(79,80)68-25-21-54(4)22-26-68/h19-26,45-52H,17-18,27-44H2,1-16H3. The summed E-state index contributed by atoms with van der Waals surface area (Å²) in [5.41, 5.74) is 14.1. The predicted octanol–water partition coefficient (Wildman–Crippen LogP) is 15.4. The van der Waals surface area contributed by atoms with Gasteiger partial charge in [-0.3, -0.25) is 8.37 Å². The zero-order chi connectivity index (χ0) is 67.1. The highest BCUT2D eigenvalue weighted by molar-refractivity contribution is 7.87. The van der Waals surface area contributed by atoms with E-state index < -0.39 is 20.2 Å². The first kappa shape index (κ1) is 73.6. The van der Waals surface area contributed by atoms with Gasteiger partial charge in [0.1, 0.15) is 36.2 Å². The Bertz CT molecular complexity index is 3270. The third-order valence-corrected chi connectivity index (χ3v) is 18.8. The van der Waals surface area contributed by atoms with E-state index in [0.29, 0.717) is 38.9 Å². The normalized spacial score (nSPS) is 13.3. The number of hydrogen-bond donors (Lipinski definition) is 0. The fourth-order valence-corrected chi connectivity index (χ4v) is 12.6. The molecule has 16 heteroatoms. The highest BCUT2D eigenvalue weighted by atomic mass is 32.2. The smallest absolute Gasteiger partial charge is 0.297 e. The van der Waals surface area contributed by atoms with Gasteiger partial charge in [0.15, 0.2) is 0 Å². The van der Waals surface area contributed by atoms with Crippen molar-refractivity contribution >= 4 is 20.2 Å². The number of benzene rings is 6. The Morgan fingerprint density at radius 3 is 0.728 bits per heavy atom. The summed E-state index contributed by atoms with van der Waals surface area (Å²) in [5.74, 6) is 3.31. The van der Waals surface area contributed by atoms with E-state index in [1.807, 2.05) is 13.8 Å². The lowest BCUT2D eigenvalue weighted by atomic mass is 9.79. The Morgan fingerprint density at radius 2 is 0.511 bits per heavy atom. The molecule has 1 aliphatic rings. The Balaban J connectivity index is 1.26. The summed E-state index contributed by atoms with van der Waals surface area (Å²) in [4.78, 5) is 0.217. The third-order valence-electron chi connectivity index (χ3n) is 16.1. The van der Waals surface area contributed by atoms with Gasteiger partial charge in [-0.05, 0) is 139 Å². The maximum absolute atomic E-state index is 12.7. The van der Waals surface area contributed by atoms with Gasteiger partial charge in [0.25, 0.3) is 20.2 Å². The van der Waals surface area contributed by atoms with Crippen molar-refractivity contribution in [2.45, 2.75) is 181 Å². The predicted molar refractivity (Wildman–Crippen MR) is 366 cm³/mol. The highest BCUT2D eigenvalue weighted by Gasteiger charge is 2.30. The van der Waals surface area contributed by atoms with Gasteiger partial charge in [0.05, 0.1) is 89.1 Å². The van der Waals surface area contributed by atoms with Crippen LogP contribution in [0.15, 0.2) is 107 Å². The zero-order valence-corrected chi connectivity index (χ0v) is 59.5. The summed E-state index contributed by atoms with van der Waals surface area (Å²) >= 11 is 0. The van der Waals surface area contributed by atoms with Crippen LogP contribution in [0.1, 0.15) is 188 Å². The molecule has 504 valence electrons. The average Bonchev–Trinajstić information content (AvgIpc) is 0.767. The molecule has 0 saturated heterocycles. The van der Waals surface area contributed by atoms with E-state index in [9.17, 15) is 16.8 Å². The molecule has 6 aromatic rings. The van der Waals surface area contributed by atoms with Gasteiger partial charge in [0.2, 0.25) is 0 Å². The molecular weight excluding hydrogens is 1200 g/mol. The fraction of sp³-hybridized carbons (Fsp3) is 0.526.